The second-order valence-corrected chi connectivity index (χ2v) is 5.99. The van der Waals surface area contributed by atoms with Gasteiger partial charge in [-0.25, -0.2) is 0 Å². The first-order valence-electron chi connectivity index (χ1n) is 7.56. The van der Waals surface area contributed by atoms with Crippen LogP contribution in [-0.2, 0) is 13.5 Å². The van der Waals surface area contributed by atoms with Gasteiger partial charge < -0.3 is 5.32 Å². The first kappa shape index (κ1) is 16.1. The average molecular weight is 306 g/mol. The van der Waals surface area contributed by atoms with Gasteiger partial charge in [0.15, 0.2) is 0 Å². The minimum Gasteiger partial charge on any atom is -0.316 e. The Morgan fingerprint density at radius 1 is 1.29 bits per heavy atom. The van der Waals surface area contributed by atoms with Crippen LogP contribution >= 0.6 is 11.6 Å². The van der Waals surface area contributed by atoms with Gasteiger partial charge in [0.2, 0.25) is 0 Å². The highest BCUT2D eigenvalue weighted by Crippen LogP contribution is 2.22. The fourth-order valence-electron chi connectivity index (χ4n) is 2.60. The highest BCUT2D eigenvalue weighted by Gasteiger charge is 2.15. The molecular formula is C17H24ClN3. The lowest BCUT2D eigenvalue weighted by molar-refractivity contribution is 0.557. The minimum atomic E-state index is 0.434. The van der Waals surface area contributed by atoms with E-state index in [1.165, 1.54) is 11.3 Å². The van der Waals surface area contributed by atoms with E-state index >= 15 is 0 Å². The molecule has 1 heterocycles. The molecule has 0 saturated carbocycles. The molecule has 0 bridgehead atoms. The summed E-state index contributed by atoms with van der Waals surface area (Å²) in [5.74, 6) is 0.434. The summed E-state index contributed by atoms with van der Waals surface area (Å²) in [5, 5.41) is 8.76. The number of hydrogen-bond donors (Lipinski definition) is 1. The number of halogens is 1. The van der Waals surface area contributed by atoms with Gasteiger partial charge in [0, 0.05) is 30.2 Å². The van der Waals surface area contributed by atoms with Crippen LogP contribution in [0, 0.1) is 6.92 Å². The van der Waals surface area contributed by atoms with Crippen molar-refractivity contribution in [2.75, 3.05) is 13.1 Å². The monoisotopic (exact) mass is 305 g/mol. The molecular weight excluding hydrogens is 282 g/mol. The number of nitrogens with one attached hydrogen (secondary N) is 1. The van der Waals surface area contributed by atoms with Crippen molar-refractivity contribution in [1.82, 2.24) is 15.1 Å². The van der Waals surface area contributed by atoms with Gasteiger partial charge in [-0.3, -0.25) is 4.68 Å². The number of hydrogen-bond acceptors (Lipinski definition) is 2. The van der Waals surface area contributed by atoms with Crippen molar-refractivity contribution in [3.63, 3.8) is 0 Å². The van der Waals surface area contributed by atoms with Gasteiger partial charge in [0.1, 0.15) is 0 Å². The maximum Gasteiger partial charge on any atom is 0.0596 e. The Kier molecular flexibility index (Phi) is 5.83. The normalized spacial score (nSPS) is 12.6. The lowest BCUT2D eigenvalue weighted by Gasteiger charge is -2.18. The van der Waals surface area contributed by atoms with Gasteiger partial charge in [-0.2, -0.15) is 5.10 Å². The summed E-state index contributed by atoms with van der Waals surface area (Å²) >= 11 is 6.00. The molecule has 1 aromatic carbocycles. The van der Waals surface area contributed by atoms with Gasteiger partial charge in [-0.15, -0.1) is 0 Å². The Morgan fingerprint density at radius 3 is 2.57 bits per heavy atom. The standard InChI is InChI=1S/C17H24ClN3/c1-4-9-19-12-15(14-5-7-16(18)8-6-14)11-17-10-13(2)20-21(17)3/h5-8,10,15,19H,4,9,11-12H2,1-3H3. The van der Waals surface area contributed by atoms with Crippen molar-refractivity contribution in [3.8, 4) is 0 Å². The SMILES string of the molecule is CCCNCC(Cc1cc(C)nn1C)c1ccc(Cl)cc1. The average Bonchev–Trinajstić information content (AvgIpc) is 2.77. The molecule has 0 amide bonds. The maximum atomic E-state index is 6.00. The maximum absolute atomic E-state index is 6.00. The summed E-state index contributed by atoms with van der Waals surface area (Å²) in [6.45, 7) is 6.25. The molecule has 2 aromatic rings. The second-order valence-electron chi connectivity index (χ2n) is 5.56. The van der Waals surface area contributed by atoms with Crippen molar-refractivity contribution >= 4 is 11.6 Å². The predicted molar refractivity (Wildman–Crippen MR) is 89.0 cm³/mol. The van der Waals surface area contributed by atoms with Gasteiger partial charge in [0.05, 0.1) is 5.69 Å². The van der Waals surface area contributed by atoms with E-state index in [0.29, 0.717) is 5.92 Å². The molecule has 3 nitrogen and oxygen atoms in total. The molecule has 0 saturated heterocycles. The van der Waals surface area contributed by atoms with E-state index in [9.17, 15) is 0 Å². The lowest BCUT2D eigenvalue weighted by Crippen LogP contribution is -2.24. The van der Waals surface area contributed by atoms with Crippen LogP contribution in [0.5, 0.6) is 0 Å². The molecule has 1 aromatic heterocycles. The Bertz CT molecular complexity index is 560. The van der Waals surface area contributed by atoms with Gasteiger partial charge in [-0.05, 0) is 50.1 Å². The summed E-state index contributed by atoms with van der Waals surface area (Å²) in [4.78, 5) is 0. The molecule has 1 atom stereocenters. The van der Waals surface area contributed by atoms with Gasteiger partial charge in [-0.1, -0.05) is 30.7 Å². The first-order chi connectivity index (χ1) is 10.1. The fourth-order valence-corrected chi connectivity index (χ4v) is 2.73. The highest BCUT2D eigenvalue weighted by atomic mass is 35.5. The molecule has 0 fully saturated rings. The largest absolute Gasteiger partial charge is 0.316 e. The second kappa shape index (κ2) is 7.62. The summed E-state index contributed by atoms with van der Waals surface area (Å²) in [6, 6.07) is 10.4. The zero-order chi connectivity index (χ0) is 15.2. The Morgan fingerprint density at radius 2 is 2.00 bits per heavy atom. The van der Waals surface area contributed by atoms with E-state index in [4.69, 9.17) is 11.6 Å². The van der Waals surface area contributed by atoms with Crippen molar-refractivity contribution in [2.24, 2.45) is 7.05 Å². The first-order valence-corrected chi connectivity index (χ1v) is 7.93. The number of rotatable bonds is 7. The van der Waals surface area contributed by atoms with Crippen LogP contribution in [0.15, 0.2) is 30.3 Å². The number of aryl methyl sites for hydroxylation is 2. The molecule has 0 aliphatic heterocycles. The summed E-state index contributed by atoms with van der Waals surface area (Å²) in [5.41, 5.74) is 3.66. The van der Waals surface area contributed by atoms with E-state index < -0.39 is 0 Å². The van der Waals surface area contributed by atoms with Crippen molar-refractivity contribution in [3.05, 3.63) is 52.3 Å². The molecule has 114 valence electrons. The zero-order valence-electron chi connectivity index (χ0n) is 13.1. The van der Waals surface area contributed by atoms with Crippen molar-refractivity contribution in [2.45, 2.75) is 32.6 Å². The summed E-state index contributed by atoms with van der Waals surface area (Å²) in [6.07, 6.45) is 2.13. The van der Waals surface area contributed by atoms with Crippen molar-refractivity contribution < 1.29 is 0 Å². The number of aromatic nitrogens is 2. The fraction of sp³-hybridized carbons (Fsp3) is 0.471. The molecule has 0 aliphatic rings. The van der Waals surface area contributed by atoms with Crippen LogP contribution in [0.2, 0.25) is 5.02 Å². The number of nitrogens with zero attached hydrogens (tertiary/aromatic N) is 2. The van der Waals surface area contributed by atoms with E-state index in [1.54, 1.807) is 0 Å². The van der Waals surface area contributed by atoms with E-state index in [0.717, 1.165) is 36.6 Å². The molecule has 1 unspecified atom stereocenters. The summed E-state index contributed by atoms with van der Waals surface area (Å²) < 4.78 is 1.98. The van der Waals surface area contributed by atoms with Crippen LogP contribution in [0.4, 0.5) is 0 Å². The van der Waals surface area contributed by atoms with E-state index in [1.807, 2.05) is 30.8 Å². The Hall–Kier alpha value is -1.32. The van der Waals surface area contributed by atoms with Crippen LogP contribution in [0.25, 0.3) is 0 Å². The molecule has 1 N–H and O–H groups in total. The van der Waals surface area contributed by atoms with Crippen molar-refractivity contribution in [1.29, 1.82) is 0 Å². The Balaban J connectivity index is 2.15. The highest BCUT2D eigenvalue weighted by molar-refractivity contribution is 6.30. The quantitative estimate of drug-likeness (QED) is 0.790. The molecule has 0 spiro atoms. The van der Waals surface area contributed by atoms with Crippen LogP contribution < -0.4 is 5.32 Å². The summed E-state index contributed by atoms with van der Waals surface area (Å²) in [7, 11) is 2.01. The molecule has 2 rings (SSSR count). The minimum absolute atomic E-state index is 0.434. The van der Waals surface area contributed by atoms with E-state index in [2.05, 4.69) is 35.5 Å². The van der Waals surface area contributed by atoms with Gasteiger partial charge >= 0.3 is 0 Å². The van der Waals surface area contributed by atoms with Crippen LogP contribution in [0.1, 0.15) is 36.2 Å². The molecule has 4 heteroatoms. The smallest absolute Gasteiger partial charge is 0.0596 e. The van der Waals surface area contributed by atoms with Crippen LogP contribution in [-0.4, -0.2) is 22.9 Å². The van der Waals surface area contributed by atoms with Gasteiger partial charge in [0.25, 0.3) is 0 Å². The number of benzene rings is 1. The van der Waals surface area contributed by atoms with E-state index in [-0.39, 0.29) is 0 Å². The third kappa shape index (κ3) is 4.58. The molecule has 0 aliphatic carbocycles. The predicted octanol–water partition coefficient (Wildman–Crippen LogP) is 3.71. The third-order valence-corrected chi connectivity index (χ3v) is 3.97. The Labute approximate surface area is 132 Å². The molecule has 0 radical (unpaired) electrons. The lowest BCUT2D eigenvalue weighted by atomic mass is 9.94. The molecule has 21 heavy (non-hydrogen) atoms. The zero-order valence-corrected chi connectivity index (χ0v) is 13.8. The van der Waals surface area contributed by atoms with Crippen LogP contribution in [0.3, 0.4) is 0 Å². The third-order valence-electron chi connectivity index (χ3n) is 3.71. The topological polar surface area (TPSA) is 29.9 Å².